The van der Waals surface area contributed by atoms with E-state index >= 15 is 0 Å². The van der Waals surface area contributed by atoms with Gasteiger partial charge in [-0.3, -0.25) is 9.59 Å². The molecule has 1 atom stereocenters. The first kappa shape index (κ1) is 23.2. The van der Waals surface area contributed by atoms with Gasteiger partial charge < -0.3 is 15.1 Å². The van der Waals surface area contributed by atoms with Crippen LogP contribution in [0.25, 0.3) is 0 Å². The molecule has 0 spiro atoms. The highest BCUT2D eigenvalue weighted by atomic mass is 19.3. The zero-order valence-electron chi connectivity index (χ0n) is 19.2. The zero-order chi connectivity index (χ0) is 24.4. The lowest BCUT2D eigenvalue weighted by Gasteiger charge is -2.41. The van der Waals surface area contributed by atoms with Crippen molar-refractivity contribution in [3.63, 3.8) is 0 Å². The standard InChI is InChI=1S/C28H27F2N3O2/c29-28(30,22-9-5-2-6-10-22)23-13-11-21(12-14-23)27(35)33-18-25(19-33)31-24-15-16-32(17-24)26(34)20-7-3-1-4-8-20/h1-14,24-25,31H,15-19H2/t24-/m0/s1. The number of likely N-dealkylation sites (tertiary alicyclic amines) is 2. The number of halogens is 2. The number of nitrogens with one attached hydrogen (secondary N) is 1. The van der Waals surface area contributed by atoms with Crippen molar-refractivity contribution in [3.8, 4) is 0 Å². The van der Waals surface area contributed by atoms with Crippen LogP contribution in [0.3, 0.4) is 0 Å². The van der Waals surface area contributed by atoms with Crippen molar-refractivity contribution >= 4 is 11.8 Å². The smallest absolute Gasteiger partial charge is 0.298 e. The van der Waals surface area contributed by atoms with Crippen LogP contribution < -0.4 is 5.32 Å². The van der Waals surface area contributed by atoms with Crippen LogP contribution in [0.15, 0.2) is 84.9 Å². The summed E-state index contributed by atoms with van der Waals surface area (Å²) in [6.45, 7) is 2.48. The topological polar surface area (TPSA) is 52.7 Å². The molecule has 2 fully saturated rings. The van der Waals surface area contributed by atoms with Crippen LogP contribution in [0.1, 0.15) is 38.3 Å². The number of benzene rings is 3. The van der Waals surface area contributed by atoms with Gasteiger partial charge in [-0.1, -0.05) is 60.7 Å². The van der Waals surface area contributed by atoms with Crippen molar-refractivity contribution in [1.29, 1.82) is 0 Å². The summed E-state index contributed by atoms with van der Waals surface area (Å²) < 4.78 is 29.5. The number of carbonyl (C=O) groups is 2. The van der Waals surface area contributed by atoms with Crippen LogP contribution in [0.4, 0.5) is 8.78 Å². The minimum atomic E-state index is -3.12. The molecule has 5 nitrogen and oxygen atoms in total. The largest absolute Gasteiger partial charge is 0.337 e. The monoisotopic (exact) mass is 475 g/mol. The van der Waals surface area contributed by atoms with Crippen molar-refractivity contribution in [2.45, 2.75) is 24.4 Å². The summed E-state index contributed by atoms with van der Waals surface area (Å²) in [7, 11) is 0. The molecule has 2 saturated heterocycles. The molecule has 2 heterocycles. The van der Waals surface area contributed by atoms with Gasteiger partial charge in [-0.25, -0.2) is 0 Å². The highest BCUT2D eigenvalue weighted by Gasteiger charge is 2.36. The predicted molar refractivity (Wildman–Crippen MR) is 129 cm³/mol. The average molecular weight is 476 g/mol. The molecule has 2 amide bonds. The van der Waals surface area contributed by atoms with Gasteiger partial charge in [0, 0.05) is 60.5 Å². The Balaban J connectivity index is 1.12. The lowest BCUT2D eigenvalue weighted by atomic mass is 9.98. The third-order valence-corrected chi connectivity index (χ3v) is 6.77. The summed E-state index contributed by atoms with van der Waals surface area (Å²) in [5.74, 6) is -3.24. The van der Waals surface area contributed by atoms with Gasteiger partial charge in [0.05, 0.1) is 0 Å². The summed E-state index contributed by atoms with van der Waals surface area (Å²) in [5.41, 5.74) is 0.878. The van der Waals surface area contributed by atoms with Crippen LogP contribution in [-0.2, 0) is 5.92 Å². The van der Waals surface area contributed by atoms with E-state index in [4.69, 9.17) is 0 Å². The normalized spacial score (nSPS) is 18.4. The van der Waals surface area contributed by atoms with Gasteiger partial charge in [0.2, 0.25) is 0 Å². The van der Waals surface area contributed by atoms with Crippen molar-refractivity contribution in [2.75, 3.05) is 26.2 Å². The van der Waals surface area contributed by atoms with E-state index in [1.807, 2.05) is 35.2 Å². The van der Waals surface area contributed by atoms with Crippen LogP contribution >= 0.6 is 0 Å². The Morgan fingerprint density at radius 1 is 0.686 bits per heavy atom. The number of amides is 2. The van der Waals surface area contributed by atoms with E-state index in [0.717, 1.165) is 6.42 Å². The molecular weight excluding hydrogens is 448 g/mol. The molecule has 7 heteroatoms. The molecular formula is C28H27F2N3O2. The van der Waals surface area contributed by atoms with E-state index < -0.39 is 5.92 Å². The molecule has 0 aromatic heterocycles. The zero-order valence-corrected chi connectivity index (χ0v) is 19.2. The highest BCUT2D eigenvalue weighted by Crippen LogP contribution is 2.35. The first-order valence-corrected chi connectivity index (χ1v) is 11.9. The van der Waals surface area contributed by atoms with E-state index in [1.54, 1.807) is 23.1 Å². The molecule has 0 radical (unpaired) electrons. The minimum Gasteiger partial charge on any atom is -0.337 e. The van der Waals surface area contributed by atoms with Crippen molar-refractivity contribution in [2.24, 2.45) is 0 Å². The van der Waals surface area contributed by atoms with E-state index in [0.29, 0.717) is 37.3 Å². The van der Waals surface area contributed by atoms with Gasteiger partial charge in [0.1, 0.15) is 0 Å². The second-order valence-electron chi connectivity index (χ2n) is 9.19. The third kappa shape index (κ3) is 4.82. The fourth-order valence-electron chi connectivity index (χ4n) is 4.75. The summed E-state index contributed by atoms with van der Waals surface area (Å²) in [6.07, 6.45) is 0.875. The Kier molecular flexibility index (Phi) is 6.34. The third-order valence-electron chi connectivity index (χ3n) is 6.77. The van der Waals surface area contributed by atoms with E-state index in [9.17, 15) is 18.4 Å². The molecule has 1 N–H and O–H groups in total. The number of nitrogens with zero attached hydrogens (tertiary/aromatic N) is 2. The summed E-state index contributed by atoms with van der Waals surface area (Å²) in [6, 6.07) is 22.9. The Labute approximate surface area is 203 Å². The summed E-state index contributed by atoms with van der Waals surface area (Å²) in [5, 5.41) is 3.55. The maximum Gasteiger partial charge on any atom is 0.298 e. The molecule has 2 aliphatic rings. The van der Waals surface area contributed by atoms with Crippen LogP contribution in [0.2, 0.25) is 0 Å². The molecule has 180 valence electrons. The quantitative estimate of drug-likeness (QED) is 0.583. The first-order valence-electron chi connectivity index (χ1n) is 11.9. The summed E-state index contributed by atoms with van der Waals surface area (Å²) in [4.78, 5) is 29.0. The van der Waals surface area contributed by atoms with Crippen LogP contribution in [0, 0.1) is 0 Å². The Bertz CT molecular complexity index is 1180. The molecule has 35 heavy (non-hydrogen) atoms. The molecule has 3 aromatic rings. The molecule has 0 bridgehead atoms. The van der Waals surface area contributed by atoms with Crippen molar-refractivity contribution < 1.29 is 18.4 Å². The van der Waals surface area contributed by atoms with Gasteiger partial charge >= 0.3 is 0 Å². The maximum absolute atomic E-state index is 14.7. The Morgan fingerprint density at radius 3 is 1.86 bits per heavy atom. The second kappa shape index (κ2) is 9.58. The SMILES string of the molecule is O=C(c1ccc(C(F)(F)c2ccccc2)cc1)N1CC(N[C@H]2CCN(C(=O)c3ccccc3)C2)C1. The summed E-state index contributed by atoms with van der Waals surface area (Å²) >= 11 is 0. The molecule has 5 rings (SSSR count). The predicted octanol–water partition coefficient (Wildman–Crippen LogP) is 4.16. The first-order chi connectivity index (χ1) is 16.9. The van der Waals surface area contributed by atoms with Gasteiger partial charge in [-0.2, -0.15) is 8.78 Å². The van der Waals surface area contributed by atoms with Gasteiger partial charge in [0.15, 0.2) is 0 Å². The fraction of sp³-hybridized carbons (Fsp3) is 0.286. The number of rotatable bonds is 6. The highest BCUT2D eigenvalue weighted by molar-refractivity contribution is 5.95. The van der Waals surface area contributed by atoms with Crippen molar-refractivity contribution in [3.05, 3.63) is 107 Å². The van der Waals surface area contributed by atoms with E-state index in [2.05, 4.69) is 5.32 Å². The van der Waals surface area contributed by atoms with Gasteiger partial charge in [0.25, 0.3) is 17.7 Å². The Hall–Kier alpha value is -3.58. The van der Waals surface area contributed by atoms with E-state index in [1.165, 1.54) is 36.4 Å². The molecule has 0 unspecified atom stereocenters. The molecule has 2 aliphatic heterocycles. The number of hydrogen-bond acceptors (Lipinski definition) is 3. The minimum absolute atomic E-state index is 0.0432. The van der Waals surface area contributed by atoms with E-state index in [-0.39, 0.29) is 35.0 Å². The maximum atomic E-state index is 14.7. The Morgan fingerprint density at radius 2 is 1.20 bits per heavy atom. The number of hydrogen-bond donors (Lipinski definition) is 1. The average Bonchev–Trinajstić information content (AvgIpc) is 3.35. The second-order valence-corrected chi connectivity index (χ2v) is 9.19. The van der Waals surface area contributed by atoms with Crippen LogP contribution in [-0.4, -0.2) is 59.9 Å². The molecule has 3 aromatic carbocycles. The number of carbonyl (C=O) groups excluding carboxylic acids is 2. The lowest BCUT2D eigenvalue weighted by molar-refractivity contribution is 0.0425. The fourth-order valence-corrected chi connectivity index (χ4v) is 4.75. The van der Waals surface area contributed by atoms with Gasteiger partial charge in [-0.05, 0) is 30.7 Å². The molecule has 0 aliphatic carbocycles. The van der Waals surface area contributed by atoms with Crippen LogP contribution in [0.5, 0.6) is 0 Å². The number of alkyl halides is 2. The van der Waals surface area contributed by atoms with Gasteiger partial charge in [-0.15, -0.1) is 0 Å². The lowest BCUT2D eigenvalue weighted by Crippen LogP contribution is -2.62. The molecule has 0 saturated carbocycles. The van der Waals surface area contributed by atoms with Crippen molar-refractivity contribution in [1.82, 2.24) is 15.1 Å².